The van der Waals surface area contributed by atoms with Gasteiger partial charge in [-0.2, -0.15) is 0 Å². The molecule has 2 aromatic carbocycles. The zero-order valence-corrected chi connectivity index (χ0v) is 20.3. The van der Waals surface area contributed by atoms with Crippen LogP contribution >= 0.6 is 11.8 Å². The van der Waals surface area contributed by atoms with E-state index >= 15 is 0 Å². The van der Waals surface area contributed by atoms with E-state index in [1.54, 1.807) is 11.8 Å². The highest BCUT2D eigenvalue weighted by Gasteiger charge is 2.25. The number of carbonyl (C=O) groups is 2. The van der Waals surface area contributed by atoms with Crippen molar-refractivity contribution in [2.75, 3.05) is 37.7 Å². The molecule has 5 rings (SSSR count). The SMILES string of the molecule is CC(=O)N1CCc2cc(C(=O)[C@@H](C)Sc3nc(CN4CCOCC4)nc4ccccc34)ccc21. The van der Waals surface area contributed by atoms with Gasteiger partial charge >= 0.3 is 0 Å². The number of ether oxygens (including phenoxy) is 1. The van der Waals surface area contributed by atoms with Gasteiger partial charge in [-0.3, -0.25) is 14.5 Å². The molecule has 34 heavy (non-hydrogen) atoms. The molecule has 1 amide bonds. The maximum absolute atomic E-state index is 13.3. The van der Waals surface area contributed by atoms with Crippen molar-refractivity contribution < 1.29 is 14.3 Å². The molecule has 0 spiro atoms. The molecule has 0 N–H and O–H groups in total. The number of aromatic nitrogens is 2. The molecule has 0 saturated carbocycles. The van der Waals surface area contributed by atoms with Crippen molar-refractivity contribution in [2.24, 2.45) is 0 Å². The molecule has 1 saturated heterocycles. The van der Waals surface area contributed by atoms with Crippen molar-refractivity contribution in [1.82, 2.24) is 14.9 Å². The second-order valence-electron chi connectivity index (χ2n) is 8.74. The second kappa shape index (κ2) is 9.82. The first-order chi connectivity index (χ1) is 16.5. The van der Waals surface area contributed by atoms with E-state index in [0.29, 0.717) is 18.7 Å². The average molecular weight is 477 g/mol. The second-order valence-corrected chi connectivity index (χ2v) is 10.1. The molecule has 0 radical (unpaired) electrons. The summed E-state index contributed by atoms with van der Waals surface area (Å²) in [6.45, 7) is 8.04. The molecule has 0 aliphatic carbocycles. The number of para-hydroxylation sites is 1. The number of hydrogen-bond acceptors (Lipinski definition) is 7. The zero-order chi connectivity index (χ0) is 23.7. The van der Waals surface area contributed by atoms with Crippen molar-refractivity contribution in [3.63, 3.8) is 0 Å². The summed E-state index contributed by atoms with van der Waals surface area (Å²) >= 11 is 1.48. The van der Waals surface area contributed by atoms with Crippen LogP contribution in [0.5, 0.6) is 0 Å². The summed E-state index contributed by atoms with van der Waals surface area (Å²) in [7, 11) is 0. The predicted octanol–water partition coefficient (Wildman–Crippen LogP) is 3.73. The van der Waals surface area contributed by atoms with E-state index in [0.717, 1.165) is 65.7 Å². The molecule has 8 heteroatoms. The molecule has 3 aromatic rings. The molecule has 1 fully saturated rings. The Kier molecular flexibility index (Phi) is 6.63. The Labute approximate surface area is 203 Å². The van der Waals surface area contributed by atoms with E-state index in [1.165, 1.54) is 11.8 Å². The number of nitrogens with zero attached hydrogens (tertiary/aromatic N) is 4. The summed E-state index contributed by atoms with van der Waals surface area (Å²) in [6.07, 6.45) is 0.777. The van der Waals surface area contributed by atoms with E-state index in [2.05, 4.69) is 4.90 Å². The lowest BCUT2D eigenvalue weighted by molar-refractivity contribution is -0.116. The van der Waals surface area contributed by atoms with E-state index in [-0.39, 0.29) is 16.9 Å². The fourth-order valence-corrected chi connectivity index (χ4v) is 5.59. The quantitative estimate of drug-likeness (QED) is 0.305. The maximum Gasteiger partial charge on any atom is 0.223 e. The van der Waals surface area contributed by atoms with Crippen molar-refractivity contribution in [1.29, 1.82) is 0 Å². The van der Waals surface area contributed by atoms with Crippen LogP contribution < -0.4 is 4.90 Å². The highest BCUT2D eigenvalue weighted by atomic mass is 32.2. The van der Waals surface area contributed by atoms with Crippen LogP contribution in [0.3, 0.4) is 0 Å². The summed E-state index contributed by atoms with van der Waals surface area (Å²) < 4.78 is 5.45. The van der Waals surface area contributed by atoms with Crippen molar-refractivity contribution in [3.8, 4) is 0 Å². The lowest BCUT2D eigenvalue weighted by Crippen LogP contribution is -2.36. The van der Waals surface area contributed by atoms with Crippen LogP contribution in [0.1, 0.15) is 35.6 Å². The van der Waals surface area contributed by atoms with Gasteiger partial charge in [-0.15, -0.1) is 0 Å². The summed E-state index contributed by atoms with van der Waals surface area (Å²) in [6, 6.07) is 13.6. The zero-order valence-electron chi connectivity index (χ0n) is 19.5. The van der Waals surface area contributed by atoms with E-state index in [9.17, 15) is 9.59 Å². The van der Waals surface area contributed by atoms with Gasteiger partial charge in [-0.25, -0.2) is 9.97 Å². The average Bonchev–Trinajstić information content (AvgIpc) is 3.28. The van der Waals surface area contributed by atoms with Gasteiger partial charge in [0, 0.05) is 43.2 Å². The number of anilines is 1. The monoisotopic (exact) mass is 476 g/mol. The van der Waals surface area contributed by atoms with Gasteiger partial charge < -0.3 is 9.64 Å². The number of benzene rings is 2. The number of Topliss-reactive ketones (excluding diaryl/α,β-unsaturated/α-hetero) is 1. The van der Waals surface area contributed by atoms with Gasteiger partial charge in [0.25, 0.3) is 0 Å². The molecule has 0 bridgehead atoms. The van der Waals surface area contributed by atoms with Gasteiger partial charge in [0.15, 0.2) is 5.78 Å². The highest BCUT2D eigenvalue weighted by Crippen LogP contribution is 2.33. The van der Waals surface area contributed by atoms with Crippen LogP contribution in [0.15, 0.2) is 47.5 Å². The molecule has 3 heterocycles. The molecule has 2 aliphatic rings. The van der Waals surface area contributed by atoms with Crippen LogP contribution in [-0.2, 0) is 22.5 Å². The summed E-state index contributed by atoms with van der Waals surface area (Å²) in [5, 5.41) is 1.49. The number of hydrogen-bond donors (Lipinski definition) is 0. The number of amides is 1. The highest BCUT2D eigenvalue weighted by molar-refractivity contribution is 8.00. The molecule has 0 unspecified atom stereocenters. The first-order valence-corrected chi connectivity index (χ1v) is 12.6. The molecular weight excluding hydrogens is 448 g/mol. The standard InChI is InChI=1S/C26H28N4O3S/c1-17(25(32)20-7-8-23-19(15-20)9-10-30(23)18(2)31)34-26-21-5-3-4-6-22(21)27-24(28-26)16-29-11-13-33-14-12-29/h3-8,15,17H,9-14,16H2,1-2H3/t17-/m1/s1. The Balaban J connectivity index is 1.38. The molecule has 1 atom stereocenters. The number of fused-ring (bicyclic) bond motifs is 2. The van der Waals surface area contributed by atoms with Crippen molar-refractivity contribution in [3.05, 3.63) is 59.4 Å². The molecular formula is C26H28N4O3S. The largest absolute Gasteiger partial charge is 0.379 e. The first kappa shape index (κ1) is 23.0. The van der Waals surface area contributed by atoms with Gasteiger partial charge in [-0.05, 0) is 43.2 Å². The summed E-state index contributed by atoms with van der Waals surface area (Å²) in [5.41, 5.74) is 3.54. The lowest BCUT2D eigenvalue weighted by atomic mass is 10.0. The van der Waals surface area contributed by atoms with Crippen LogP contribution in [-0.4, -0.2) is 64.7 Å². The normalized spacial score (nSPS) is 17.1. The Morgan fingerprint density at radius 1 is 1.09 bits per heavy atom. The third-order valence-corrected chi connectivity index (χ3v) is 7.48. The van der Waals surface area contributed by atoms with Crippen LogP contribution in [0.2, 0.25) is 0 Å². The number of ketones is 1. The topological polar surface area (TPSA) is 75.6 Å². The number of morpholine rings is 1. The first-order valence-electron chi connectivity index (χ1n) is 11.7. The third kappa shape index (κ3) is 4.71. The lowest BCUT2D eigenvalue weighted by Gasteiger charge is -2.26. The van der Waals surface area contributed by atoms with Gasteiger partial charge in [0.1, 0.15) is 10.9 Å². The molecule has 2 aliphatic heterocycles. The number of thioether (sulfide) groups is 1. The number of carbonyl (C=O) groups excluding carboxylic acids is 2. The Hall–Kier alpha value is -2.81. The van der Waals surface area contributed by atoms with Crippen LogP contribution in [0.25, 0.3) is 10.9 Å². The Morgan fingerprint density at radius 3 is 2.68 bits per heavy atom. The Morgan fingerprint density at radius 2 is 1.88 bits per heavy atom. The molecule has 176 valence electrons. The van der Waals surface area contributed by atoms with Gasteiger partial charge in [0.05, 0.1) is 30.5 Å². The smallest absolute Gasteiger partial charge is 0.223 e. The Bertz CT molecular complexity index is 1240. The van der Waals surface area contributed by atoms with Crippen molar-refractivity contribution in [2.45, 2.75) is 37.1 Å². The minimum atomic E-state index is -0.307. The van der Waals surface area contributed by atoms with Gasteiger partial charge in [-0.1, -0.05) is 30.0 Å². The maximum atomic E-state index is 13.3. The fourth-order valence-electron chi connectivity index (χ4n) is 4.55. The van der Waals surface area contributed by atoms with E-state index in [1.807, 2.05) is 49.4 Å². The van der Waals surface area contributed by atoms with Gasteiger partial charge in [0.2, 0.25) is 5.91 Å². The summed E-state index contributed by atoms with van der Waals surface area (Å²) in [4.78, 5) is 38.9. The van der Waals surface area contributed by atoms with Crippen LogP contribution in [0, 0.1) is 0 Å². The molecule has 1 aromatic heterocycles. The number of rotatable bonds is 6. The minimum absolute atomic E-state index is 0.0327. The van der Waals surface area contributed by atoms with Crippen molar-refractivity contribution >= 4 is 40.0 Å². The predicted molar refractivity (Wildman–Crippen MR) is 133 cm³/mol. The van der Waals surface area contributed by atoms with E-state index < -0.39 is 0 Å². The minimum Gasteiger partial charge on any atom is -0.379 e. The third-order valence-electron chi connectivity index (χ3n) is 6.38. The summed E-state index contributed by atoms with van der Waals surface area (Å²) in [5.74, 6) is 0.862. The van der Waals surface area contributed by atoms with Crippen LogP contribution in [0.4, 0.5) is 5.69 Å². The van der Waals surface area contributed by atoms with E-state index in [4.69, 9.17) is 14.7 Å². The molecule has 7 nitrogen and oxygen atoms in total. The fraction of sp³-hybridized carbons (Fsp3) is 0.385.